The molecule has 1 aliphatic rings. The number of rotatable bonds is 4. The van der Waals surface area contributed by atoms with Gasteiger partial charge in [-0.15, -0.1) is 0 Å². The van der Waals surface area contributed by atoms with Crippen LogP contribution in [0.1, 0.15) is 24.2 Å². The highest BCUT2D eigenvalue weighted by Crippen LogP contribution is 2.40. The van der Waals surface area contributed by atoms with Crippen molar-refractivity contribution in [2.75, 3.05) is 18.9 Å². The highest BCUT2D eigenvalue weighted by atomic mass is 16.5. The minimum atomic E-state index is -0.420. The van der Waals surface area contributed by atoms with Gasteiger partial charge in [0, 0.05) is 55.3 Å². The molecule has 4 aromatic heterocycles. The second-order valence-electron chi connectivity index (χ2n) is 7.12. The summed E-state index contributed by atoms with van der Waals surface area (Å²) in [5.74, 6) is 1.35. The van der Waals surface area contributed by atoms with E-state index < -0.39 is 5.41 Å². The normalized spacial score (nSPS) is 15.7. The molecule has 1 saturated heterocycles. The third kappa shape index (κ3) is 3.29. The average Bonchev–Trinajstić information content (AvgIpc) is 3.32. The zero-order valence-corrected chi connectivity index (χ0v) is 16.1. The largest absolute Gasteiger partial charge is 0.381 e. The van der Waals surface area contributed by atoms with E-state index in [2.05, 4.69) is 25.1 Å². The van der Waals surface area contributed by atoms with Gasteiger partial charge in [0.1, 0.15) is 0 Å². The van der Waals surface area contributed by atoms with Gasteiger partial charge in [0.2, 0.25) is 5.95 Å². The zero-order chi connectivity index (χ0) is 20.4. The van der Waals surface area contributed by atoms with Crippen molar-refractivity contribution in [2.45, 2.75) is 18.3 Å². The molecule has 0 radical (unpaired) electrons. The number of aromatic nitrogens is 6. The second kappa shape index (κ2) is 7.60. The Kier molecular flexibility index (Phi) is 4.64. The van der Waals surface area contributed by atoms with E-state index in [1.807, 2.05) is 30.5 Å². The summed E-state index contributed by atoms with van der Waals surface area (Å²) in [6.45, 7) is 1.24. The van der Waals surface area contributed by atoms with Gasteiger partial charge in [-0.25, -0.2) is 9.97 Å². The van der Waals surface area contributed by atoms with E-state index in [4.69, 9.17) is 20.0 Å². The highest BCUT2D eigenvalue weighted by molar-refractivity contribution is 5.58. The van der Waals surface area contributed by atoms with E-state index in [1.165, 1.54) is 0 Å². The van der Waals surface area contributed by atoms with Crippen molar-refractivity contribution in [1.29, 1.82) is 0 Å². The lowest BCUT2D eigenvalue weighted by Crippen LogP contribution is -2.36. The van der Waals surface area contributed by atoms with Gasteiger partial charge in [-0.1, -0.05) is 11.2 Å². The van der Waals surface area contributed by atoms with Crippen LogP contribution in [0.4, 0.5) is 5.95 Å². The topological polar surface area (TPSA) is 126 Å². The van der Waals surface area contributed by atoms with Crippen LogP contribution >= 0.6 is 0 Å². The molecule has 0 spiro atoms. The fourth-order valence-electron chi connectivity index (χ4n) is 3.71. The van der Waals surface area contributed by atoms with Crippen molar-refractivity contribution in [3.8, 4) is 22.7 Å². The minimum Gasteiger partial charge on any atom is -0.381 e. The third-order valence-corrected chi connectivity index (χ3v) is 5.41. The maximum Gasteiger partial charge on any atom is 0.258 e. The fourth-order valence-corrected chi connectivity index (χ4v) is 3.71. The number of nitrogens with zero attached hydrogens (tertiary/aromatic N) is 6. The smallest absolute Gasteiger partial charge is 0.258 e. The van der Waals surface area contributed by atoms with Crippen LogP contribution in [-0.4, -0.2) is 43.3 Å². The van der Waals surface area contributed by atoms with Crippen LogP contribution < -0.4 is 5.73 Å². The third-order valence-electron chi connectivity index (χ3n) is 5.41. The molecular weight excluding hydrogens is 382 g/mol. The number of nitrogen functional groups attached to an aromatic ring is 1. The Hall–Kier alpha value is -3.72. The van der Waals surface area contributed by atoms with E-state index in [9.17, 15) is 0 Å². The number of nitrogens with two attached hydrogens (primary N) is 1. The lowest BCUT2D eigenvalue weighted by atomic mass is 9.74. The van der Waals surface area contributed by atoms with Crippen LogP contribution in [0.3, 0.4) is 0 Å². The van der Waals surface area contributed by atoms with E-state index in [1.54, 1.807) is 24.8 Å². The highest BCUT2D eigenvalue weighted by Gasteiger charge is 2.41. The van der Waals surface area contributed by atoms with Crippen molar-refractivity contribution in [3.05, 3.63) is 66.6 Å². The van der Waals surface area contributed by atoms with Crippen LogP contribution in [0, 0.1) is 0 Å². The number of hydrogen-bond donors (Lipinski definition) is 1. The van der Waals surface area contributed by atoms with Crippen LogP contribution in [-0.2, 0) is 10.2 Å². The Bertz CT molecular complexity index is 1120. The fraction of sp³-hybridized carbons (Fsp3) is 0.238. The Labute approximate surface area is 172 Å². The summed E-state index contributed by atoms with van der Waals surface area (Å²) in [4.78, 5) is 21.5. The summed E-state index contributed by atoms with van der Waals surface area (Å²) in [6, 6.07) is 7.69. The monoisotopic (exact) mass is 401 g/mol. The van der Waals surface area contributed by atoms with Crippen LogP contribution in [0.2, 0.25) is 0 Å². The van der Waals surface area contributed by atoms with Crippen LogP contribution in [0.15, 0.2) is 59.8 Å². The molecule has 0 unspecified atom stereocenters. The van der Waals surface area contributed by atoms with Gasteiger partial charge < -0.3 is 15.0 Å². The Morgan fingerprint density at radius 3 is 2.33 bits per heavy atom. The number of anilines is 1. The van der Waals surface area contributed by atoms with E-state index in [0.29, 0.717) is 24.9 Å². The van der Waals surface area contributed by atoms with Gasteiger partial charge in [0.15, 0.2) is 5.82 Å². The predicted octanol–water partition coefficient (Wildman–Crippen LogP) is 2.66. The number of pyridine rings is 2. The quantitative estimate of drug-likeness (QED) is 0.549. The molecule has 0 aromatic carbocycles. The summed E-state index contributed by atoms with van der Waals surface area (Å²) in [7, 11) is 0. The summed E-state index contributed by atoms with van der Waals surface area (Å²) < 4.78 is 11.2. The standard InChI is InChI=1S/C21H19N7O2/c22-20-25-11-15(12-26-20)17-2-1-16(13-24-17)21(5-9-29-10-6-21)19-27-18(30-28-19)14-3-7-23-8-4-14/h1-4,7-8,11-13H,5-6,9-10H2,(H2,22,25,26). The molecule has 30 heavy (non-hydrogen) atoms. The molecule has 5 rings (SSSR count). The van der Waals surface area contributed by atoms with Gasteiger partial charge in [-0.3, -0.25) is 9.97 Å². The van der Waals surface area contributed by atoms with Gasteiger partial charge in [0.05, 0.1) is 11.1 Å². The molecule has 1 fully saturated rings. The number of hydrogen-bond acceptors (Lipinski definition) is 9. The summed E-state index contributed by atoms with van der Waals surface area (Å²) in [5, 5.41) is 4.33. The van der Waals surface area contributed by atoms with Crippen molar-refractivity contribution in [2.24, 2.45) is 0 Å². The lowest BCUT2D eigenvalue weighted by Gasteiger charge is -2.34. The van der Waals surface area contributed by atoms with Crippen LogP contribution in [0.25, 0.3) is 22.7 Å². The Morgan fingerprint density at radius 1 is 0.867 bits per heavy atom. The average molecular weight is 401 g/mol. The van der Waals surface area contributed by atoms with E-state index in [0.717, 1.165) is 35.2 Å². The summed E-state index contributed by atoms with van der Waals surface area (Å²) in [5.41, 5.74) is 8.58. The van der Waals surface area contributed by atoms with E-state index in [-0.39, 0.29) is 5.95 Å². The molecule has 0 aliphatic carbocycles. The Balaban J connectivity index is 1.51. The first-order chi connectivity index (χ1) is 14.7. The number of ether oxygens (including phenoxy) is 1. The molecule has 2 N–H and O–H groups in total. The summed E-state index contributed by atoms with van der Waals surface area (Å²) >= 11 is 0. The molecule has 9 nitrogen and oxygen atoms in total. The first kappa shape index (κ1) is 18.3. The van der Waals surface area contributed by atoms with Crippen LogP contribution in [0.5, 0.6) is 0 Å². The maximum absolute atomic E-state index is 5.62. The molecule has 9 heteroatoms. The first-order valence-corrected chi connectivity index (χ1v) is 9.61. The molecule has 150 valence electrons. The van der Waals surface area contributed by atoms with E-state index >= 15 is 0 Å². The zero-order valence-electron chi connectivity index (χ0n) is 16.1. The second-order valence-corrected chi connectivity index (χ2v) is 7.12. The molecule has 1 aliphatic heterocycles. The molecular formula is C21H19N7O2. The maximum atomic E-state index is 5.62. The molecule has 0 amide bonds. The Morgan fingerprint density at radius 2 is 1.63 bits per heavy atom. The van der Waals surface area contributed by atoms with Gasteiger partial charge in [-0.2, -0.15) is 4.98 Å². The molecule has 0 bridgehead atoms. The minimum absolute atomic E-state index is 0.235. The molecule has 0 atom stereocenters. The predicted molar refractivity (Wildman–Crippen MR) is 108 cm³/mol. The van der Waals surface area contributed by atoms with Gasteiger partial charge in [-0.05, 0) is 36.6 Å². The summed E-state index contributed by atoms with van der Waals surface area (Å²) in [6.07, 6.45) is 10.1. The van der Waals surface area contributed by atoms with Crippen molar-refractivity contribution in [1.82, 2.24) is 30.1 Å². The van der Waals surface area contributed by atoms with Gasteiger partial charge >= 0.3 is 0 Å². The SMILES string of the molecule is Nc1ncc(-c2ccc(C3(c4noc(-c5ccncc5)n4)CCOCC3)cn2)cn1. The van der Waals surface area contributed by atoms with Crippen molar-refractivity contribution >= 4 is 5.95 Å². The lowest BCUT2D eigenvalue weighted by molar-refractivity contribution is 0.0596. The van der Waals surface area contributed by atoms with Crippen molar-refractivity contribution in [3.63, 3.8) is 0 Å². The molecule has 4 aromatic rings. The first-order valence-electron chi connectivity index (χ1n) is 9.61. The van der Waals surface area contributed by atoms with Crippen molar-refractivity contribution < 1.29 is 9.26 Å². The van der Waals surface area contributed by atoms with Gasteiger partial charge in [0.25, 0.3) is 5.89 Å². The molecule has 0 saturated carbocycles. The molecule has 5 heterocycles.